The van der Waals surface area contributed by atoms with Crippen LogP contribution in [0.5, 0.6) is 0 Å². The zero-order valence-electron chi connectivity index (χ0n) is 17.5. The van der Waals surface area contributed by atoms with Gasteiger partial charge in [-0.15, -0.1) is 0 Å². The third-order valence-corrected chi connectivity index (χ3v) is 7.10. The summed E-state index contributed by atoms with van der Waals surface area (Å²) in [6.07, 6.45) is 2.89. The average molecular weight is 449 g/mol. The monoisotopic (exact) mass is 448 g/mol. The van der Waals surface area contributed by atoms with E-state index in [-0.39, 0.29) is 34.8 Å². The second-order valence-electron chi connectivity index (χ2n) is 7.51. The summed E-state index contributed by atoms with van der Waals surface area (Å²) in [5, 5.41) is 2.54. The van der Waals surface area contributed by atoms with Gasteiger partial charge in [-0.2, -0.15) is 0 Å². The molecule has 0 aliphatic carbocycles. The van der Waals surface area contributed by atoms with Gasteiger partial charge in [0.2, 0.25) is 5.91 Å². The van der Waals surface area contributed by atoms with E-state index < -0.39 is 15.7 Å². The molecule has 2 aromatic rings. The summed E-state index contributed by atoms with van der Waals surface area (Å²) >= 11 is 0. The first-order chi connectivity index (χ1) is 14.7. The second kappa shape index (κ2) is 9.51. The van der Waals surface area contributed by atoms with Crippen LogP contribution in [0.15, 0.2) is 35.4 Å². The molecule has 3 rings (SSSR count). The lowest BCUT2D eigenvalue weighted by atomic mass is 9.96. The van der Waals surface area contributed by atoms with Gasteiger partial charge in [0.25, 0.3) is 5.91 Å². The number of aryl methyl sites for hydroxylation is 1. The topological polar surface area (TPSA) is 109 Å². The number of sulfone groups is 1. The Kier molecular flexibility index (Phi) is 6.99. The first-order valence-electron chi connectivity index (χ1n) is 10.0. The van der Waals surface area contributed by atoms with E-state index in [0.29, 0.717) is 30.2 Å². The molecule has 1 saturated heterocycles. The van der Waals surface area contributed by atoms with E-state index in [0.717, 1.165) is 25.0 Å². The minimum atomic E-state index is -3.67. The summed E-state index contributed by atoms with van der Waals surface area (Å²) < 4.78 is 37.9. The molecule has 1 aliphatic rings. The Balaban J connectivity index is 1.63. The molecule has 1 atom stereocenters. The van der Waals surface area contributed by atoms with Gasteiger partial charge in [0, 0.05) is 38.7 Å². The Morgan fingerprint density at radius 3 is 2.61 bits per heavy atom. The van der Waals surface area contributed by atoms with Crippen LogP contribution in [0.3, 0.4) is 0 Å². The fraction of sp³-hybridized carbons (Fsp3) is 0.429. The molecule has 1 N–H and O–H groups in total. The molecule has 1 aromatic heterocycles. The highest BCUT2D eigenvalue weighted by Gasteiger charge is 2.28. The van der Waals surface area contributed by atoms with E-state index >= 15 is 0 Å². The van der Waals surface area contributed by atoms with Gasteiger partial charge < -0.3 is 10.2 Å². The Morgan fingerprint density at radius 1 is 1.26 bits per heavy atom. The fourth-order valence-corrected chi connectivity index (χ4v) is 4.82. The molecule has 0 radical (unpaired) electrons. The first-order valence-corrected chi connectivity index (χ1v) is 11.7. The maximum absolute atomic E-state index is 13.0. The molecular formula is C21H25FN4O4S. The van der Waals surface area contributed by atoms with Crippen molar-refractivity contribution < 1.29 is 22.4 Å². The minimum absolute atomic E-state index is 0.00157. The molecule has 1 aromatic carbocycles. The number of hydrogen-bond acceptors (Lipinski definition) is 6. The quantitative estimate of drug-likeness (QED) is 0.676. The summed E-state index contributed by atoms with van der Waals surface area (Å²) in [6, 6.07) is 4.57. The molecule has 0 unspecified atom stereocenters. The van der Waals surface area contributed by atoms with Crippen LogP contribution >= 0.6 is 0 Å². The highest BCUT2D eigenvalue weighted by molar-refractivity contribution is 7.91. The average Bonchev–Trinajstić information content (AvgIpc) is 2.77. The van der Waals surface area contributed by atoms with Crippen LogP contribution in [0, 0.1) is 12.7 Å². The van der Waals surface area contributed by atoms with Crippen LogP contribution in [-0.4, -0.2) is 61.0 Å². The number of nitrogens with zero attached hydrogens (tertiary/aromatic N) is 3. The number of likely N-dealkylation sites (tertiary alicyclic amines) is 1. The van der Waals surface area contributed by atoms with Crippen molar-refractivity contribution in [3.8, 4) is 0 Å². The minimum Gasteiger partial charge on any atom is -0.355 e. The first kappa shape index (κ1) is 22.8. The van der Waals surface area contributed by atoms with Gasteiger partial charge in [-0.25, -0.2) is 22.8 Å². The van der Waals surface area contributed by atoms with Gasteiger partial charge in [0.05, 0.1) is 21.9 Å². The number of carbonyl (C=O) groups is 2. The smallest absolute Gasteiger partial charge is 0.254 e. The number of rotatable bonds is 6. The summed E-state index contributed by atoms with van der Waals surface area (Å²) in [6.45, 7) is 2.68. The largest absolute Gasteiger partial charge is 0.355 e. The summed E-state index contributed by atoms with van der Waals surface area (Å²) in [5.41, 5.74) is 0.971. The van der Waals surface area contributed by atoms with Crippen molar-refractivity contribution in [2.75, 3.05) is 25.9 Å². The number of nitrogens with one attached hydrogen (secondary N) is 1. The summed E-state index contributed by atoms with van der Waals surface area (Å²) in [4.78, 5) is 34.9. The van der Waals surface area contributed by atoms with Crippen LogP contribution in [0.25, 0.3) is 0 Å². The third kappa shape index (κ3) is 5.43. The standard InChI is InChI=1S/C21H25FN4O4S/c1-14-18(21(28)23-2)12-24-20(25-14)15-4-3-10-26(13-15)19(27)9-11-31(29,30)17-7-5-16(22)6-8-17/h5-8,12,15H,3-4,9-11,13H2,1-2H3,(H,23,28)/t15-/m0/s1. The predicted octanol–water partition coefficient (Wildman–Crippen LogP) is 1.85. The van der Waals surface area contributed by atoms with E-state index in [1.165, 1.54) is 25.4 Å². The zero-order chi connectivity index (χ0) is 22.6. The molecule has 10 heteroatoms. The van der Waals surface area contributed by atoms with Crippen molar-refractivity contribution in [1.29, 1.82) is 0 Å². The third-order valence-electron chi connectivity index (χ3n) is 5.37. The van der Waals surface area contributed by atoms with Crippen LogP contribution in [0.2, 0.25) is 0 Å². The van der Waals surface area contributed by atoms with Gasteiger partial charge in [-0.05, 0) is 44.0 Å². The lowest BCUT2D eigenvalue weighted by Crippen LogP contribution is -2.40. The Hall–Kier alpha value is -2.88. The van der Waals surface area contributed by atoms with Crippen molar-refractivity contribution in [2.45, 2.75) is 37.0 Å². The van der Waals surface area contributed by atoms with Gasteiger partial charge in [-0.3, -0.25) is 9.59 Å². The molecule has 1 fully saturated rings. The van der Waals surface area contributed by atoms with E-state index in [2.05, 4.69) is 15.3 Å². The summed E-state index contributed by atoms with van der Waals surface area (Å²) in [5.74, 6) is -0.878. The van der Waals surface area contributed by atoms with Crippen molar-refractivity contribution >= 4 is 21.7 Å². The van der Waals surface area contributed by atoms with E-state index in [9.17, 15) is 22.4 Å². The molecule has 166 valence electrons. The SMILES string of the molecule is CNC(=O)c1cnc([C@H]2CCCN(C(=O)CCS(=O)(=O)c3ccc(F)cc3)C2)nc1C. The van der Waals surface area contributed by atoms with Crippen LogP contribution in [0.4, 0.5) is 4.39 Å². The fourth-order valence-electron chi connectivity index (χ4n) is 3.59. The van der Waals surface area contributed by atoms with Gasteiger partial charge in [0.15, 0.2) is 9.84 Å². The number of benzene rings is 1. The number of piperidine rings is 1. The lowest BCUT2D eigenvalue weighted by molar-refractivity contribution is -0.132. The molecule has 8 nitrogen and oxygen atoms in total. The Morgan fingerprint density at radius 2 is 1.97 bits per heavy atom. The van der Waals surface area contributed by atoms with Crippen molar-refractivity contribution in [3.63, 3.8) is 0 Å². The lowest BCUT2D eigenvalue weighted by Gasteiger charge is -2.32. The molecule has 31 heavy (non-hydrogen) atoms. The molecule has 2 amide bonds. The molecule has 0 bridgehead atoms. The number of hydrogen-bond donors (Lipinski definition) is 1. The maximum Gasteiger partial charge on any atom is 0.254 e. The van der Waals surface area contributed by atoms with Gasteiger partial charge in [0.1, 0.15) is 11.6 Å². The Bertz CT molecular complexity index is 1070. The normalized spacial score (nSPS) is 16.7. The Labute approximate surface area is 180 Å². The van der Waals surface area contributed by atoms with Crippen molar-refractivity contribution in [3.05, 3.63) is 53.4 Å². The second-order valence-corrected chi connectivity index (χ2v) is 9.62. The molecule has 0 saturated carbocycles. The number of amides is 2. The highest BCUT2D eigenvalue weighted by atomic mass is 32.2. The number of halogens is 1. The molecule has 2 heterocycles. The number of carbonyl (C=O) groups excluding carboxylic acids is 2. The maximum atomic E-state index is 13.0. The van der Waals surface area contributed by atoms with Gasteiger partial charge in [-0.1, -0.05) is 0 Å². The highest BCUT2D eigenvalue weighted by Crippen LogP contribution is 2.25. The van der Waals surface area contributed by atoms with E-state index in [1.54, 1.807) is 11.8 Å². The van der Waals surface area contributed by atoms with Crippen LogP contribution < -0.4 is 5.32 Å². The van der Waals surface area contributed by atoms with E-state index in [1.807, 2.05) is 0 Å². The zero-order valence-corrected chi connectivity index (χ0v) is 18.3. The summed E-state index contributed by atoms with van der Waals surface area (Å²) in [7, 11) is -2.14. The van der Waals surface area contributed by atoms with Crippen LogP contribution in [-0.2, 0) is 14.6 Å². The van der Waals surface area contributed by atoms with Gasteiger partial charge >= 0.3 is 0 Å². The predicted molar refractivity (Wildman–Crippen MR) is 112 cm³/mol. The molecule has 1 aliphatic heterocycles. The van der Waals surface area contributed by atoms with Crippen molar-refractivity contribution in [2.24, 2.45) is 0 Å². The van der Waals surface area contributed by atoms with Crippen molar-refractivity contribution in [1.82, 2.24) is 20.2 Å². The van der Waals surface area contributed by atoms with E-state index in [4.69, 9.17) is 0 Å². The molecule has 0 spiro atoms. The number of aromatic nitrogens is 2. The van der Waals surface area contributed by atoms with Crippen LogP contribution in [0.1, 0.15) is 47.1 Å². The molecular weight excluding hydrogens is 423 g/mol.